The zero-order valence-electron chi connectivity index (χ0n) is 15.5. The topological polar surface area (TPSA) is 77.0 Å². The third-order valence-electron chi connectivity index (χ3n) is 4.00. The van der Waals surface area contributed by atoms with Gasteiger partial charge in [-0.05, 0) is 19.3 Å². The molecule has 1 amide bonds. The van der Waals surface area contributed by atoms with Crippen molar-refractivity contribution < 1.29 is 24.1 Å². The average Bonchev–Trinajstić information content (AvgIpc) is 2.62. The number of methoxy groups -OCH3 is 2. The third-order valence-corrected chi connectivity index (χ3v) is 4.00. The van der Waals surface area contributed by atoms with Gasteiger partial charge in [0, 0.05) is 33.3 Å². The SMILES string of the molecule is COC(OC)(OCCC(O)CCCCCNC(C)=O)c1ccccc1. The zero-order chi connectivity index (χ0) is 18.5. The molecule has 1 atom stereocenters. The van der Waals surface area contributed by atoms with Crippen LogP contribution < -0.4 is 5.32 Å². The van der Waals surface area contributed by atoms with E-state index in [4.69, 9.17) is 14.2 Å². The van der Waals surface area contributed by atoms with Crippen molar-refractivity contribution in [1.29, 1.82) is 0 Å². The van der Waals surface area contributed by atoms with Gasteiger partial charge in [-0.25, -0.2) is 0 Å². The molecule has 0 fully saturated rings. The maximum Gasteiger partial charge on any atom is 0.311 e. The van der Waals surface area contributed by atoms with Crippen LogP contribution in [0.2, 0.25) is 0 Å². The van der Waals surface area contributed by atoms with E-state index in [1.807, 2.05) is 30.3 Å². The molecule has 0 aromatic heterocycles. The van der Waals surface area contributed by atoms with E-state index >= 15 is 0 Å². The molecule has 0 saturated heterocycles. The summed E-state index contributed by atoms with van der Waals surface area (Å²) in [5.74, 6) is -1.25. The van der Waals surface area contributed by atoms with Gasteiger partial charge >= 0.3 is 5.97 Å². The minimum atomic E-state index is -1.25. The number of hydrogen-bond acceptors (Lipinski definition) is 5. The molecular formula is C19H31NO5. The smallest absolute Gasteiger partial charge is 0.311 e. The Bertz CT molecular complexity index is 476. The number of hydrogen-bond donors (Lipinski definition) is 2. The molecule has 6 nitrogen and oxygen atoms in total. The lowest BCUT2D eigenvalue weighted by Gasteiger charge is -2.31. The largest absolute Gasteiger partial charge is 0.393 e. The molecule has 0 spiro atoms. The Morgan fingerprint density at radius 2 is 1.80 bits per heavy atom. The quantitative estimate of drug-likeness (QED) is 0.421. The summed E-state index contributed by atoms with van der Waals surface area (Å²) in [5.41, 5.74) is 0.771. The second-order valence-corrected chi connectivity index (χ2v) is 5.95. The monoisotopic (exact) mass is 353 g/mol. The molecule has 1 rings (SSSR count). The number of aliphatic hydroxyl groups excluding tert-OH is 1. The van der Waals surface area contributed by atoms with E-state index in [1.165, 1.54) is 21.1 Å². The Morgan fingerprint density at radius 3 is 2.40 bits per heavy atom. The Labute approximate surface area is 150 Å². The highest BCUT2D eigenvalue weighted by Gasteiger charge is 2.33. The lowest BCUT2D eigenvalue weighted by atomic mass is 10.1. The molecule has 142 valence electrons. The standard InChI is InChI=1S/C19H31NO5/c1-16(21)20-14-9-5-8-12-18(22)13-15-25-19(23-2,24-3)17-10-6-4-7-11-17/h4,6-7,10-11,18,22H,5,8-9,12-15H2,1-3H3,(H,20,21). The fourth-order valence-electron chi connectivity index (χ4n) is 2.58. The summed E-state index contributed by atoms with van der Waals surface area (Å²) in [7, 11) is 3.06. The van der Waals surface area contributed by atoms with E-state index in [0.717, 1.165) is 24.8 Å². The first-order valence-corrected chi connectivity index (χ1v) is 8.76. The maximum absolute atomic E-state index is 10.8. The molecule has 0 bridgehead atoms. The van der Waals surface area contributed by atoms with Gasteiger partial charge in [0.25, 0.3) is 0 Å². The first kappa shape index (κ1) is 21.6. The van der Waals surface area contributed by atoms with Crippen LogP contribution in [-0.4, -0.2) is 44.5 Å². The van der Waals surface area contributed by atoms with E-state index in [9.17, 15) is 9.90 Å². The normalized spacial score (nSPS) is 12.8. The van der Waals surface area contributed by atoms with Gasteiger partial charge in [-0.1, -0.05) is 43.2 Å². The van der Waals surface area contributed by atoms with Crippen molar-refractivity contribution in [3.63, 3.8) is 0 Å². The van der Waals surface area contributed by atoms with E-state index in [-0.39, 0.29) is 5.91 Å². The summed E-state index contributed by atoms with van der Waals surface area (Å²) in [6.45, 7) is 2.53. The van der Waals surface area contributed by atoms with Gasteiger partial charge in [-0.3, -0.25) is 4.79 Å². The van der Waals surface area contributed by atoms with Gasteiger partial charge in [0.2, 0.25) is 5.91 Å². The average molecular weight is 353 g/mol. The van der Waals surface area contributed by atoms with Gasteiger partial charge in [-0.15, -0.1) is 0 Å². The summed E-state index contributed by atoms with van der Waals surface area (Å²) < 4.78 is 16.7. The van der Waals surface area contributed by atoms with Gasteiger partial charge in [0.05, 0.1) is 12.7 Å². The lowest BCUT2D eigenvalue weighted by Crippen LogP contribution is -2.35. The Kier molecular flexibility index (Phi) is 10.3. The van der Waals surface area contributed by atoms with Crippen LogP contribution in [0.25, 0.3) is 0 Å². The third kappa shape index (κ3) is 7.96. The number of ether oxygens (including phenoxy) is 3. The summed E-state index contributed by atoms with van der Waals surface area (Å²) in [4.78, 5) is 10.8. The molecule has 1 unspecified atom stereocenters. The van der Waals surface area contributed by atoms with Gasteiger partial charge in [0.1, 0.15) is 0 Å². The fourth-order valence-corrected chi connectivity index (χ4v) is 2.58. The van der Waals surface area contributed by atoms with Crippen molar-refractivity contribution in [3.8, 4) is 0 Å². The number of carbonyl (C=O) groups excluding carboxylic acids is 1. The first-order chi connectivity index (χ1) is 12.0. The van der Waals surface area contributed by atoms with Crippen molar-refractivity contribution in [2.24, 2.45) is 0 Å². The molecule has 2 N–H and O–H groups in total. The van der Waals surface area contributed by atoms with Crippen LogP contribution in [0.4, 0.5) is 0 Å². The van der Waals surface area contributed by atoms with Crippen LogP contribution in [0.15, 0.2) is 30.3 Å². The molecule has 0 saturated carbocycles. The van der Waals surface area contributed by atoms with Crippen LogP contribution in [0.1, 0.15) is 44.6 Å². The molecule has 0 aliphatic carbocycles. The van der Waals surface area contributed by atoms with Crippen molar-refractivity contribution >= 4 is 5.91 Å². The number of amides is 1. The number of unbranched alkanes of at least 4 members (excludes halogenated alkanes) is 2. The predicted octanol–water partition coefficient (Wildman–Crippen LogP) is 2.55. The second-order valence-electron chi connectivity index (χ2n) is 5.95. The molecule has 25 heavy (non-hydrogen) atoms. The van der Waals surface area contributed by atoms with Gasteiger partial charge < -0.3 is 24.6 Å². The Hall–Kier alpha value is -1.47. The molecule has 0 heterocycles. The van der Waals surface area contributed by atoms with E-state index in [0.29, 0.717) is 26.0 Å². The predicted molar refractivity (Wildman–Crippen MR) is 95.9 cm³/mol. The van der Waals surface area contributed by atoms with Crippen molar-refractivity contribution in [2.45, 2.75) is 51.1 Å². The number of benzene rings is 1. The molecule has 0 aliphatic rings. The molecule has 0 radical (unpaired) electrons. The summed E-state index contributed by atoms with van der Waals surface area (Å²) in [5, 5.41) is 12.8. The molecular weight excluding hydrogens is 322 g/mol. The minimum absolute atomic E-state index is 0.00429. The first-order valence-electron chi connectivity index (χ1n) is 8.76. The van der Waals surface area contributed by atoms with Crippen LogP contribution in [0, 0.1) is 0 Å². The molecule has 6 heteroatoms. The van der Waals surface area contributed by atoms with Crippen molar-refractivity contribution in [1.82, 2.24) is 5.32 Å². The zero-order valence-corrected chi connectivity index (χ0v) is 15.5. The number of rotatable bonds is 13. The van der Waals surface area contributed by atoms with Crippen LogP contribution in [-0.2, 0) is 25.0 Å². The van der Waals surface area contributed by atoms with Crippen molar-refractivity contribution in [3.05, 3.63) is 35.9 Å². The lowest BCUT2D eigenvalue weighted by molar-refractivity contribution is -0.375. The maximum atomic E-state index is 10.8. The highest BCUT2D eigenvalue weighted by molar-refractivity contribution is 5.72. The van der Waals surface area contributed by atoms with Crippen LogP contribution in [0.5, 0.6) is 0 Å². The number of aliphatic hydroxyl groups is 1. The summed E-state index contributed by atoms with van der Waals surface area (Å²) in [6, 6.07) is 9.44. The Balaban J connectivity index is 2.28. The second kappa shape index (κ2) is 12.0. The van der Waals surface area contributed by atoms with Crippen molar-refractivity contribution in [2.75, 3.05) is 27.4 Å². The summed E-state index contributed by atoms with van der Waals surface area (Å²) >= 11 is 0. The van der Waals surface area contributed by atoms with Crippen LogP contribution in [0.3, 0.4) is 0 Å². The fraction of sp³-hybridized carbons (Fsp3) is 0.632. The highest BCUT2D eigenvalue weighted by Crippen LogP contribution is 2.27. The summed E-state index contributed by atoms with van der Waals surface area (Å²) in [6.07, 6.45) is 3.60. The van der Waals surface area contributed by atoms with Gasteiger partial charge in [-0.2, -0.15) is 0 Å². The molecule has 0 aliphatic heterocycles. The Morgan fingerprint density at radius 1 is 1.12 bits per heavy atom. The number of carbonyl (C=O) groups is 1. The van der Waals surface area contributed by atoms with Gasteiger partial charge in [0.15, 0.2) is 0 Å². The molecule has 1 aromatic rings. The minimum Gasteiger partial charge on any atom is -0.393 e. The van der Waals surface area contributed by atoms with E-state index in [1.54, 1.807) is 0 Å². The number of nitrogens with one attached hydrogen (secondary N) is 1. The van der Waals surface area contributed by atoms with E-state index in [2.05, 4.69) is 5.32 Å². The highest BCUT2D eigenvalue weighted by atomic mass is 16.9. The molecule has 1 aromatic carbocycles. The van der Waals surface area contributed by atoms with Crippen LogP contribution >= 0.6 is 0 Å². The van der Waals surface area contributed by atoms with E-state index < -0.39 is 12.1 Å².